The van der Waals surface area contributed by atoms with Crippen LogP contribution in [0.5, 0.6) is 0 Å². The van der Waals surface area contributed by atoms with Gasteiger partial charge in [-0.05, 0) is 38.3 Å². The molecule has 2 aromatic rings. The molecular formula is C17H18N4OS. The number of fused-ring (bicyclic) bond motifs is 1. The molecule has 23 heavy (non-hydrogen) atoms. The topological polar surface area (TPSA) is 67.2 Å². The number of nitrogens with one attached hydrogen (secondary N) is 1. The smallest absolute Gasteiger partial charge is 0.250 e. The molecule has 3 rings (SSSR count). The van der Waals surface area contributed by atoms with Crippen molar-refractivity contribution in [3.8, 4) is 0 Å². The quantitative estimate of drug-likeness (QED) is 0.533. The Kier molecular flexibility index (Phi) is 4.71. The Morgan fingerprint density at radius 1 is 1.22 bits per heavy atom. The number of carbonyl (C=O) groups excluding carboxylic acids is 1. The molecule has 1 amide bonds. The van der Waals surface area contributed by atoms with Gasteiger partial charge in [-0.15, -0.1) is 0 Å². The molecule has 5 nitrogen and oxygen atoms in total. The van der Waals surface area contributed by atoms with Gasteiger partial charge in [0.1, 0.15) is 0 Å². The lowest BCUT2D eigenvalue weighted by Crippen LogP contribution is -2.21. The Bertz CT molecular complexity index is 753. The largest absolute Gasteiger partial charge is 0.272 e. The van der Waals surface area contributed by atoms with Crippen LogP contribution in [0.1, 0.15) is 28.9 Å². The molecule has 0 bridgehead atoms. The zero-order valence-electron chi connectivity index (χ0n) is 13.2. The third-order valence-corrected chi connectivity index (χ3v) is 4.42. The number of nitrogens with zero attached hydrogens (tertiary/aromatic N) is 3. The number of amides is 1. The van der Waals surface area contributed by atoms with E-state index in [-0.39, 0.29) is 11.7 Å². The van der Waals surface area contributed by atoms with Crippen molar-refractivity contribution in [2.45, 2.75) is 31.8 Å². The number of thioether (sulfide) groups is 1. The van der Waals surface area contributed by atoms with Crippen molar-refractivity contribution in [3.63, 3.8) is 0 Å². The van der Waals surface area contributed by atoms with Crippen molar-refractivity contribution >= 4 is 23.4 Å². The number of aryl methyl sites for hydroxylation is 3. The van der Waals surface area contributed by atoms with E-state index in [1.165, 1.54) is 17.3 Å². The molecule has 0 saturated carbocycles. The Morgan fingerprint density at radius 3 is 2.74 bits per heavy atom. The van der Waals surface area contributed by atoms with Gasteiger partial charge in [0, 0.05) is 17.0 Å². The van der Waals surface area contributed by atoms with Crippen LogP contribution in [-0.4, -0.2) is 27.3 Å². The summed E-state index contributed by atoms with van der Waals surface area (Å²) in [6.07, 6.45) is 1.85. The van der Waals surface area contributed by atoms with E-state index in [0.29, 0.717) is 5.16 Å². The summed E-state index contributed by atoms with van der Waals surface area (Å²) in [5.41, 5.74) is 7.82. The van der Waals surface area contributed by atoms with Gasteiger partial charge in [0.15, 0.2) is 5.16 Å². The SMILES string of the molecule is Cc1cc(C)nc(SCC(=O)N/N=C2\CCc3ccccc32)n1. The number of aromatic nitrogens is 2. The molecule has 0 unspecified atom stereocenters. The zero-order valence-corrected chi connectivity index (χ0v) is 14.0. The summed E-state index contributed by atoms with van der Waals surface area (Å²) in [7, 11) is 0. The third kappa shape index (κ3) is 3.96. The standard InChI is InChI=1S/C17H18N4OS/c1-11-9-12(2)19-17(18-11)23-10-16(22)21-20-15-8-7-13-5-3-4-6-14(13)15/h3-6,9H,7-8,10H2,1-2H3,(H,21,22)/b20-15+. The van der Waals surface area contributed by atoms with Gasteiger partial charge in [-0.1, -0.05) is 36.0 Å². The van der Waals surface area contributed by atoms with Crippen LogP contribution in [0.3, 0.4) is 0 Å². The molecule has 0 radical (unpaired) electrons. The second-order valence-corrected chi connectivity index (χ2v) is 6.42. The minimum absolute atomic E-state index is 0.144. The van der Waals surface area contributed by atoms with Gasteiger partial charge in [-0.2, -0.15) is 5.10 Å². The molecule has 0 spiro atoms. The summed E-state index contributed by atoms with van der Waals surface area (Å²) in [4.78, 5) is 20.6. The van der Waals surface area contributed by atoms with Crippen molar-refractivity contribution in [1.29, 1.82) is 0 Å². The number of benzene rings is 1. The number of hydrogen-bond acceptors (Lipinski definition) is 5. The maximum absolute atomic E-state index is 12.0. The van der Waals surface area contributed by atoms with Gasteiger partial charge >= 0.3 is 0 Å². The normalized spacial score (nSPS) is 14.8. The van der Waals surface area contributed by atoms with Crippen molar-refractivity contribution in [1.82, 2.24) is 15.4 Å². The number of hydrogen-bond donors (Lipinski definition) is 1. The van der Waals surface area contributed by atoms with Crippen molar-refractivity contribution in [3.05, 3.63) is 52.8 Å². The van der Waals surface area contributed by atoms with Crippen molar-refractivity contribution in [2.75, 3.05) is 5.75 Å². The molecule has 0 atom stereocenters. The van der Waals surface area contributed by atoms with E-state index in [1.807, 2.05) is 38.1 Å². The van der Waals surface area contributed by atoms with E-state index in [2.05, 4.69) is 26.6 Å². The summed E-state index contributed by atoms with van der Waals surface area (Å²) in [5, 5.41) is 4.90. The molecule has 118 valence electrons. The first-order valence-corrected chi connectivity index (χ1v) is 8.49. The highest BCUT2D eigenvalue weighted by molar-refractivity contribution is 7.99. The summed E-state index contributed by atoms with van der Waals surface area (Å²) in [6.45, 7) is 3.84. The van der Waals surface area contributed by atoms with Crippen LogP contribution < -0.4 is 5.43 Å². The third-order valence-electron chi connectivity index (χ3n) is 3.57. The molecule has 0 saturated heterocycles. The van der Waals surface area contributed by atoms with Gasteiger partial charge in [0.2, 0.25) is 0 Å². The minimum Gasteiger partial charge on any atom is -0.272 e. The van der Waals surface area contributed by atoms with E-state index >= 15 is 0 Å². The monoisotopic (exact) mass is 326 g/mol. The fourth-order valence-corrected chi connectivity index (χ4v) is 3.32. The van der Waals surface area contributed by atoms with Gasteiger partial charge in [-0.3, -0.25) is 4.79 Å². The number of rotatable bonds is 4. The average molecular weight is 326 g/mol. The highest BCUT2D eigenvalue weighted by atomic mass is 32.2. The Morgan fingerprint density at radius 2 is 1.96 bits per heavy atom. The van der Waals surface area contributed by atoms with E-state index in [4.69, 9.17) is 0 Å². The maximum atomic E-state index is 12.0. The van der Waals surface area contributed by atoms with E-state index < -0.39 is 0 Å². The summed E-state index contributed by atoms with van der Waals surface area (Å²) < 4.78 is 0. The first-order valence-electron chi connectivity index (χ1n) is 7.50. The summed E-state index contributed by atoms with van der Waals surface area (Å²) in [5.74, 6) is 0.107. The van der Waals surface area contributed by atoms with Crippen LogP contribution in [0, 0.1) is 13.8 Å². The lowest BCUT2D eigenvalue weighted by atomic mass is 10.1. The fourth-order valence-electron chi connectivity index (χ4n) is 2.57. The first kappa shape index (κ1) is 15.7. The lowest BCUT2D eigenvalue weighted by molar-refractivity contribution is -0.118. The fraction of sp³-hybridized carbons (Fsp3) is 0.294. The highest BCUT2D eigenvalue weighted by Gasteiger charge is 2.17. The molecule has 0 fully saturated rings. The van der Waals surface area contributed by atoms with Gasteiger partial charge < -0.3 is 0 Å². The number of hydrazone groups is 1. The predicted octanol–water partition coefficient (Wildman–Crippen LogP) is 2.65. The summed E-state index contributed by atoms with van der Waals surface area (Å²) >= 11 is 1.32. The molecule has 1 aliphatic carbocycles. The number of carbonyl (C=O) groups is 1. The van der Waals surface area contributed by atoms with Crippen LogP contribution in [0.4, 0.5) is 0 Å². The molecule has 1 aromatic carbocycles. The molecular weight excluding hydrogens is 308 g/mol. The molecule has 0 aliphatic heterocycles. The Labute approximate surface area is 139 Å². The Hall–Kier alpha value is -2.21. The zero-order chi connectivity index (χ0) is 16.2. The second kappa shape index (κ2) is 6.91. The minimum atomic E-state index is -0.144. The van der Waals surface area contributed by atoms with Crippen LogP contribution in [-0.2, 0) is 11.2 Å². The lowest BCUT2D eigenvalue weighted by Gasteiger charge is -2.03. The van der Waals surface area contributed by atoms with E-state index in [0.717, 1.165) is 35.5 Å². The maximum Gasteiger partial charge on any atom is 0.250 e. The van der Waals surface area contributed by atoms with Crippen molar-refractivity contribution in [2.24, 2.45) is 5.10 Å². The van der Waals surface area contributed by atoms with Gasteiger partial charge in [-0.25, -0.2) is 15.4 Å². The highest BCUT2D eigenvalue weighted by Crippen LogP contribution is 2.21. The van der Waals surface area contributed by atoms with Crippen LogP contribution >= 0.6 is 11.8 Å². The summed E-state index contributed by atoms with van der Waals surface area (Å²) in [6, 6.07) is 10.1. The molecule has 1 aromatic heterocycles. The van der Waals surface area contributed by atoms with Gasteiger partial charge in [0.25, 0.3) is 5.91 Å². The van der Waals surface area contributed by atoms with Gasteiger partial charge in [0.05, 0.1) is 11.5 Å². The predicted molar refractivity (Wildman–Crippen MR) is 91.7 cm³/mol. The average Bonchev–Trinajstić information content (AvgIpc) is 2.93. The van der Waals surface area contributed by atoms with Crippen molar-refractivity contribution < 1.29 is 4.79 Å². The molecule has 1 heterocycles. The molecule has 6 heteroatoms. The van der Waals surface area contributed by atoms with E-state index in [1.54, 1.807) is 0 Å². The van der Waals surface area contributed by atoms with E-state index in [9.17, 15) is 4.79 Å². The van der Waals surface area contributed by atoms with Crippen LogP contribution in [0.15, 0.2) is 40.6 Å². The van der Waals surface area contributed by atoms with Crippen LogP contribution in [0.2, 0.25) is 0 Å². The second-order valence-electron chi connectivity index (χ2n) is 5.47. The van der Waals surface area contributed by atoms with Crippen LogP contribution in [0.25, 0.3) is 0 Å². The molecule has 1 N–H and O–H groups in total. The first-order chi connectivity index (χ1) is 11.1. The Balaban J connectivity index is 1.57. The molecule has 1 aliphatic rings.